The van der Waals surface area contributed by atoms with Gasteiger partial charge in [0.05, 0.1) is 24.4 Å². The normalized spacial score (nSPS) is 16.4. The highest BCUT2D eigenvalue weighted by molar-refractivity contribution is 5.83. The zero-order valence-corrected chi connectivity index (χ0v) is 19.0. The molecule has 1 amide bonds. The summed E-state index contributed by atoms with van der Waals surface area (Å²) < 4.78 is 11.9. The summed E-state index contributed by atoms with van der Waals surface area (Å²) in [6.07, 6.45) is 3.07. The minimum atomic E-state index is -0.219. The Morgan fingerprint density at radius 1 is 1.22 bits per heavy atom. The van der Waals surface area contributed by atoms with Crippen molar-refractivity contribution >= 4 is 22.6 Å². The average molecular weight is 436 g/mol. The maximum atomic E-state index is 12.4. The third-order valence-electron chi connectivity index (χ3n) is 5.45. The van der Waals surface area contributed by atoms with Crippen molar-refractivity contribution in [3.05, 3.63) is 42.7 Å². The highest BCUT2D eigenvalue weighted by Crippen LogP contribution is 2.28. The van der Waals surface area contributed by atoms with Gasteiger partial charge in [-0.2, -0.15) is 0 Å². The number of hydrogen-bond donors (Lipinski definition) is 0. The molecule has 2 aromatic heterocycles. The first kappa shape index (κ1) is 22.0. The second-order valence-corrected chi connectivity index (χ2v) is 8.42. The predicted octanol–water partition coefficient (Wildman–Crippen LogP) is 3.02. The van der Waals surface area contributed by atoms with Crippen LogP contribution in [0, 0.1) is 5.92 Å². The van der Waals surface area contributed by atoms with E-state index < -0.39 is 0 Å². The Morgan fingerprint density at radius 2 is 1.97 bits per heavy atom. The van der Waals surface area contributed by atoms with Crippen LogP contribution in [0.15, 0.2) is 42.7 Å². The standard InChI is InChI=1S/C24H29N5O3/c1-16(2)24(30)29-11-12-31-19(14-29)15-32-23-22-21(25-9-10-26-22)13-20(27-23)17-5-7-18(8-6-17)28(3)4/h5-10,13,16,19H,11-12,14-15H2,1-4H3/t19-/m0/s1. The molecule has 0 aliphatic carbocycles. The van der Waals surface area contributed by atoms with Crippen LogP contribution in [0.25, 0.3) is 22.3 Å². The fourth-order valence-corrected chi connectivity index (χ4v) is 3.68. The number of benzene rings is 1. The molecule has 32 heavy (non-hydrogen) atoms. The molecule has 168 valence electrons. The van der Waals surface area contributed by atoms with Gasteiger partial charge >= 0.3 is 0 Å². The van der Waals surface area contributed by atoms with E-state index in [1.165, 1.54) is 0 Å². The number of amides is 1. The number of anilines is 1. The monoisotopic (exact) mass is 435 g/mol. The van der Waals surface area contributed by atoms with Crippen LogP contribution >= 0.6 is 0 Å². The Kier molecular flexibility index (Phi) is 6.50. The van der Waals surface area contributed by atoms with Crippen molar-refractivity contribution in [1.29, 1.82) is 0 Å². The largest absolute Gasteiger partial charge is 0.473 e. The summed E-state index contributed by atoms with van der Waals surface area (Å²) >= 11 is 0. The number of morpholine rings is 1. The van der Waals surface area contributed by atoms with Crippen LogP contribution in [0.1, 0.15) is 13.8 Å². The first-order valence-electron chi connectivity index (χ1n) is 10.8. The number of pyridine rings is 1. The summed E-state index contributed by atoms with van der Waals surface area (Å²) in [7, 11) is 4.02. The van der Waals surface area contributed by atoms with Crippen molar-refractivity contribution in [2.24, 2.45) is 5.92 Å². The van der Waals surface area contributed by atoms with Crippen molar-refractivity contribution in [3.8, 4) is 17.1 Å². The number of carbonyl (C=O) groups is 1. The second-order valence-electron chi connectivity index (χ2n) is 8.42. The Balaban J connectivity index is 1.56. The fourth-order valence-electron chi connectivity index (χ4n) is 3.68. The lowest BCUT2D eigenvalue weighted by atomic mass is 10.1. The van der Waals surface area contributed by atoms with Gasteiger partial charge in [-0.3, -0.25) is 9.78 Å². The van der Waals surface area contributed by atoms with Gasteiger partial charge in [0, 0.05) is 50.2 Å². The van der Waals surface area contributed by atoms with Crippen molar-refractivity contribution in [2.45, 2.75) is 20.0 Å². The minimum absolute atomic E-state index is 0.0360. The number of carbonyl (C=O) groups excluding carboxylic acids is 1. The summed E-state index contributed by atoms with van der Waals surface area (Å²) in [5, 5.41) is 0. The van der Waals surface area contributed by atoms with Crippen LogP contribution in [0.3, 0.4) is 0 Å². The van der Waals surface area contributed by atoms with Gasteiger partial charge in [-0.1, -0.05) is 26.0 Å². The second kappa shape index (κ2) is 9.48. The molecule has 8 nitrogen and oxygen atoms in total. The summed E-state index contributed by atoms with van der Waals surface area (Å²) in [5.41, 5.74) is 4.16. The first-order chi connectivity index (χ1) is 15.4. The van der Waals surface area contributed by atoms with Gasteiger partial charge in [-0.25, -0.2) is 9.97 Å². The van der Waals surface area contributed by atoms with E-state index in [0.717, 1.165) is 16.9 Å². The molecule has 0 unspecified atom stereocenters. The lowest BCUT2D eigenvalue weighted by Gasteiger charge is -2.33. The summed E-state index contributed by atoms with van der Waals surface area (Å²) in [5.74, 6) is 0.514. The molecule has 1 fully saturated rings. The molecule has 3 heterocycles. The Hall–Kier alpha value is -3.26. The molecule has 1 aliphatic rings. The van der Waals surface area contributed by atoms with E-state index in [9.17, 15) is 4.79 Å². The van der Waals surface area contributed by atoms with Crippen LogP contribution in [-0.2, 0) is 9.53 Å². The predicted molar refractivity (Wildman–Crippen MR) is 124 cm³/mol. The average Bonchev–Trinajstić information content (AvgIpc) is 2.82. The number of rotatable bonds is 6. The van der Waals surface area contributed by atoms with E-state index in [2.05, 4.69) is 27.0 Å². The van der Waals surface area contributed by atoms with Crippen molar-refractivity contribution in [2.75, 3.05) is 45.3 Å². The number of fused-ring (bicyclic) bond motifs is 1. The Labute approximate surface area is 188 Å². The first-order valence-corrected chi connectivity index (χ1v) is 10.8. The molecule has 8 heteroatoms. The molecule has 1 aromatic carbocycles. The smallest absolute Gasteiger partial charge is 0.242 e. The van der Waals surface area contributed by atoms with E-state index in [1.807, 2.05) is 51.0 Å². The molecule has 1 atom stereocenters. The van der Waals surface area contributed by atoms with Crippen LogP contribution in [0.5, 0.6) is 5.88 Å². The van der Waals surface area contributed by atoms with Gasteiger partial charge in [-0.15, -0.1) is 0 Å². The Bertz CT molecular complexity index is 1080. The number of nitrogens with zero attached hydrogens (tertiary/aromatic N) is 5. The number of aromatic nitrogens is 3. The molecule has 4 rings (SSSR count). The van der Waals surface area contributed by atoms with E-state index in [0.29, 0.717) is 36.6 Å². The van der Waals surface area contributed by atoms with Gasteiger partial charge in [0.25, 0.3) is 0 Å². The van der Waals surface area contributed by atoms with E-state index in [4.69, 9.17) is 14.5 Å². The third kappa shape index (κ3) is 4.80. The van der Waals surface area contributed by atoms with Gasteiger partial charge in [0.15, 0.2) is 5.52 Å². The summed E-state index contributed by atoms with van der Waals surface area (Å²) in [6, 6.07) is 10.1. The summed E-state index contributed by atoms with van der Waals surface area (Å²) in [6.45, 7) is 5.72. The van der Waals surface area contributed by atoms with Gasteiger partial charge in [0.2, 0.25) is 11.8 Å². The van der Waals surface area contributed by atoms with Gasteiger partial charge in [-0.05, 0) is 18.2 Å². The highest BCUT2D eigenvalue weighted by atomic mass is 16.5. The quantitative estimate of drug-likeness (QED) is 0.589. The molecule has 0 N–H and O–H groups in total. The maximum Gasteiger partial charge on any atom is 0.242 e. The SMILES string of the molecule is CC(C)C(=O)N1CCO[C@H](COc2nc(-c3ccc(N(C)C)cc3)cc3nccnc23)C1. The molecule has 0 bridgehead atoms. The third-order valence-corrected chi connectivity index (χ3v) is 5.45. The molecule has 3 aromatic rings. The van der Waals surface area contributed by atoms with E-state index in [-0.39, 0.29) is 24.5 Å². The topological polar surface area (TPSA) is 80.7 Å². The highest BCUT2D eigenvalue weighted by Gasteiger charge is 2.26. The minimum Gasteiger partial charge on any atom is -0.473 e. The Morgan fingerprint density at radius 3 is 2.69 bits per heavy atom. The van der Waals surface area contributed by atoms with Crippen molar-refractivity contribution in [1.82, 2.24) is 19.9 Å². The number of hydrogen-bond acceptors (Lipinski definition) is 7. The maximum absolute atomic E-state index is 12.4. The van der Waals surface area contributed by atoms with Crippen LogP contribution < -0.4 is 9.64 Å². The zero-order valence-electron chi connectivity index (χ0n) is 19.0. The fraction of sp³-hybridized carbons (Fsp3) is 0.417. The van der Waals surface area contributed by atoms with E-state index in [1.54, 1.807) is 12.4 Å². The van der Waals surface area contributed by atoms with Crippen LogP contribution in [0.4, 0.5) is 5.69 Å². The molecular weight excluding hydrogens is 406 g/mol. The molecular formula is C24H29N5O3. The lowest BCUT2D eigenvalue weighted by Crippen LogP contribution is -2.48. The van der Waals surface area contributed by atoms with Crippen molar-refractivity contribution < 1.29 is 14.3 Å². The van der Waals surface area contributed by atoms with Crippen LogP contribution in [0.2, 0.25) is 0 Å². The lowest BCUT2D eigenvalue weighted by molar-refractivity contribution is -0.143. The zero-order chi connectivity index (χ0) is 22.7. The van der Waals surface area contributed by atoms with Crippen molar-refractivity contribution in [3.63, 3.8) is 0 Å². The molecule has 1 aliphatic heterocycles. The van der Waals surface area contributed by atoms with Crippen LogP contribution in [-0.4, -0.2) is 72.3 Å². The van der Waals surface area contributed by atoms with E-state index >= 15 is 0 Å². The van der Waals surface area contributed by atoms with Gasteiger partial charge < -0.3 is 19.3 Å². The molecule has 0 saturated carbocycles. The van der Waals surface area contributed by atoms with Gasteiger partial charge in [0.1, 0.15) is 12.7 Å². The summed E-state index contributed by atoms with van der Waals surface area (Å²) in [4.78, 5) is 29.9. The molecule has 0 radical (unpaired) electrons. The number of ether oxygens (including phenoxy) is 2. The molecule has 0 spiro atoms. The molecule has 1 saturated heterocycles.